The Hall–Kier alpha value is -1.10. The Kier molecular flexibility index (Phi) is 5.41. The Balaban J connectivity index is 2.22. The van der Waals surface area contributed by atoms with Crippen LogP contribution >= 0.6 is 0 Å². The number of amides is 2. The zero-order chi connectivity index (χ0) is 12.8. The molecular formula is C12H23N3O2. The minimum atomic E-state index is -0.221. The van der Waals surface area contributed by atoms with Gasteiger partial charge in [-0.15, -0.1) is 0 Å². The molecule has 1 saturated heterocycles. The predicted molar refractivity (Wildman–Crippen MR) is 66.5 cm³/mol. The van der Waals surface area contributed by atoms with Crippen molar-refractivity contribution in [3.8, 4) is 0 Å². The van der Waals surface area contributed by atoms with Crippen molar-refractivity contribution in [2.45, 2.75) is 58.2 Å². The van der Waals surface area contributed by atoms with Crippen molar-refractivity contribution >= 4 is 11.8 Å². The molecule has 1 fully saturated rings. The highest BCUT2D eigenvalue weighted by molar-refractivity contribution is 5.81. The van der Waals surface area contributed by atoms with Gasteiger partial charge in [0.1, 0.15) is 0 Å². The zero-order valence-electron chi connectivity index (χ0n) is 10.9. The monoisotopic (exact) mass is 241 g/mol. The highest BCUT2D eigenvalue weighted by atomic mass is 16.2. The Labute approximate surface area is 103 Å². The molecule has 2 amide bonds. The van der Waals surface area contributed by atoms with E-state index in [2.05, 4.69) is 16.0 Å². The van der Waals surface area contributed by atoms with Gasteiger partial charge in [0, 0.05) is 25.0 Å². The largest absolute Gasteiger partial charge is 0.352 e. The molecule has 17 heavy (non-hydrogen) atoms. The van der Waals surface area contributed by atoms with Crippen LogP contribution in [0.1, 0.15) is 40.0 Å². The van der Waals surface area contributed by atoms with Gasteiger partial charge in [-0.25, -0.2) is 0 Å². The summed E-state index contributed by atoms with van der Waals surface area (Å²) in [5.74, 6) is 0.122. The van der Waals surface area contributed by atoms with Crippen LogP contribution in [-0.4, -0.2) is 36.5 Å². The van der Waals surface area contributed by atoms with Gasteiger partial charge in [-0.1, -0.05) is 6.92 Å². The first-order valence-corrected chi connectivity index (χ1v) is 6.36. The molecule has 0 aromatic rings. The van der Waals surface area contributed by atoms with Crippen molar-refractivity contribution in [1.29, 1.82) is 0 Å². The minimum absolute atomic E-state index is 0.0173. The fraction of sp³-hybridized carbons (Fsp3) is 0.833. The molecule has 5 heteroatoms. The number of carbonyl (C=O) groups excluding carboxylic acids is 2. The summed E-state index contributed by atoms with van der Waals surface area (Å²) in [5, 5.41) is 8.94. The number of hydrogen-bond donors (Lipinski definition) is 3. The average molecular weight is 241 g/mol. The second kappa shape index (κ2) is 6.59. The lowest BCUT2D eigenvalue weighted by atomic mass is 10.2. The molecule has 98 valence electrons. The van der Waals surface area contributed by atoms with E-state index in [0.29, 0.717) is 13.0 Å². The maximum absolute atomic E-state index is 11.7. The van der Waals surface area contributed by atoms with Crippen LogP contribution in [-0.2, 0) is 9.59 Å². The van der Waals surface area contributed by atoms with Gasteiger partial charge in [-0.2, -0.15) is 0 Å². The third-order valence-electron chi connectivity index (χ3n) is 3.15. The molecule has 0 bridgehead atoms. The molecule has 0 saturated carbocycles. The third-order valence-corrected chi connectivity index (χ3v) is 3.15. The predicted octanol–water partition coefficient (Wildman–Crippen LogP) is 0.158. The second-order valence-corrected chi connectivity index (χ2v) is 4.75. The molecule has 0 aromatic heterocycles. The van der Waals surface area contributed by atoms with Gasteiger partial charge >= 0.3 is 0 Å². The molecule has 0 aromatic carbocycles. The Morgan fingerprint density at radius 2 is 2.24 bits per heavy atom. The van der Waals surface area contributed by atoms with E-state index in [-0.39, 0.29) is 29.9 Å². The van der Waals surface area contributed by atoms with Crippen molar-refractivity contribution < 1.29 is 9.59 Å². The quantitative estimate of drug-likeness (QED) is 0.620. The Bertz CT molecular complexity index is 281. The Morgan fingerprint density at radius 3 is 2.76 bits per heavy atom. The van der Waals surface area contributed by atoms with E-state index in [9.17, 15) is 9.59 Å². The molecule has 5 nitrogen and oxygen atoms in total. The summed E-state index contributed by atoms with van der Waals surface area (Å²) < 4.78 is 0. The molecule has 3 unspecified atom stereocenters. The fourth-order valence-corrected chi connectivity index (χ4v) is 1.71. The lowest BCUT2D eigenvalue weighted by Gasteiger charge is -2.19. The molecule has 1 rings (SSSR count). The van der Waals surface area contributed by atoms with Gasteiger partial charge in [0.05, 0.1) is 6.04 Å². The minimum Gasteiger partial charge on any atom is -0.352 e. The van der Waals surface area contributed by atoms with E-state index in [4.69, 9.17) is 0 Å². The van der Waals surface area contributed by atoms with Gasteiger partial charge in [0.2, 0.25) is 11.8 Å². The summed E-state index contributed by atoms with van der Waals surface area (Å²) in [6.07, 6.45) is 2.38. The van der Waals surface area contributed by atoms with Crippen LogP contribution in [0.15, 0.2) is 0 Å². The SMILES string of the molecule is CCC(C)NC(=O)C(C)NCC1CCC(=O)N1. The summed E-state index contributed by atoms with van der Waals surface area (Å²) in [5.41, 5.74) is 0. The van der Waals surface area contributed by atoms with Crippen LogP contribution in [0.4, 0.5) is 0 Å². The van der Waals surface area contributed by atoms with E-state index < -0.39 is 0 Å². The average Bonchev–Trinajstić information content (AvgIpc) is 2.71. The molecule has 3 atom stereocenters. The van der Waals surface area contributed by atoms with Gasteiger partial charge in [-0.05, 0) is 26.7 Å². The summed E-state index contributed by atoms with van der Waals surface area (Å²) in [6.45, 7) is 6.52. The molecule has 1 aliphatic heterocycles. The molecule has 0 radical (unpaired) electrons. The van der Waals surface area contributed by atoms with Crippen molar-refractivity contribution in [2.75, 3.05) is 6.54 Å². The third kappa shape index (κ3) is 4.73. The number of nitrogens with one attached hydrogen (secondary N) is 3. The maximum atomic E-state index is 11.7. The molecule has 3 N–H and O–H groups in total. The van der Waals surface area contributed by atoms with Crippen molar-refractivity contribution in [3.63, 3.8) is 0 Å². The van der Waals surface area contributed by atoms with Crippen molar-refractivity contribution in [2.24, 2.45) is 0 Å². The Morgan fingerprint density at radius 1 is 1.53 bits per heavy atom. The standard InChI is InChI=1S/C12H23N3O2/c1-4-8(2)14-12(17)9(3)13-7-10-5-6-11(16)15-10/h8-10,13H,4-7H2,1-3H3,(H,14,17)(H,15,16). The van der Waals surface area contributed by atoms with E-state index >= 15 is 0 Å². The summed E-state index contributed by atoms with van der Waals surface area (Å²) in [4.78, 5) is 22.7. The summed E-state index contributed by atoms with van der Waals surface area (Å²) in [6, 6.07) is 0.154. The van der Waals surface area contributed by atoms with Gasteiger partial charge in [-0.3, -0.25) is 9.59 Å². The number of carbonyl (C=O) groups is 2. The van der Waals surface area contributed by atoms with E-state index in [0.717, 1.165) is 12.8 Å². The fourth-order valence-electron chi connectivity index (χ4n) is 1.71. The summed E-state index contributed by atoms with van der Waals surface area (Å²) >= 11 is 0. The van der Waals surface area contributed by atoms with Gasteiger partial charge in [0.15, 0.2) is 0 Å². The van der Waals surface area contributed by atoms with Crippen LogP contribution in [0.2, 0.25) is 0 Å². The topological polar surface area (TPSA) is 70.2 Å². The van der Waals surface area contributed by atoms with Gasteiger partial charge < -0.3 is 16.0 Å². The van der Waals surface area contributed by atoms with E-state index in [1.165, 1.54) is 0 Å². The number of hydrogen-bond acceptors (Lipinski definition) is 3. The van der Waals surface area contributed by atoms with Crippen LogP contribution in [0, 0.1) is 0 Å². The summed E-state index contributed by atoms with van der Waals surface area (Å²) in [7, 11) is 0. The lowest BCUT2D eigenvalue weighted by molar-refractivity contribution is -0.123. The van der Waals surface area contributed by atoms with Crippen LogP contribution in [0.25, 0.3) is 0 Å². The molecule has 0 spiro atoms. The van der Waals surface area contributed by atoms with Crippen molar-refractivity contribution in [3.05, 3.63) is 0 Å². The first-order chi connectivity index (χ1) is 8.02. The van der Waals surface area contributed by atoms with Crippen molar-refractivity contribution in [1.82, 2.24) is 16.0 Å². The van der Waals surface area contributed by atoms with Crippen LogP contribution in [0.5, 0.6) is 0 Å². The highest BCUT2D eigenvalue weighted by Gasteiger charge is 2.22. The lowest BCUT2D eigenvalue weighted by Crippen LogP contribution is -2.48. The second-order valence-electron chi connectivity index (χ2n) is 4.75. The van der Waals surface area contributed by atoms with E-state index in [1.54, 1.807) is 0 Å². The molecular weight excluding hydrogens is 218 g/mol. The first kappa shape index (κ1) is 14.0. The normalized spacial score (nSPS) is 23.0. The first-order valence-electron chi connectivity index (χ1n) is 6.36. The molecule has 0 aliphatic carbocycles. The van der Waals surface area contributed by atoms with Crippen LogP contribution in [0.3, 0.4) is 0 Å². The molecule has 1 aliphatic rings. The maximum Gasteiger partial charge on any atom is 0.237 e. The number of rotatable bonds is 6. The molecule has 1 heterocycles. The zero-order valence-corrected chi connectivity index (χ0v) is 10.9. The van der Waals surface area contributed by atoms with Crippen LogP contribution < -0.4 is 16.0 Å². The smallest absolute Gasteiger partial charge is 0.237 e. The highest BCUT2D eigenvalue weighted by Crippen LogP contribution is 2.05. The van der Waals surface area contributed by atoms with E-state index in [1.807, 2.05) is 20.8 Å². The van der Waals surface area contributed by atoms with Gasteiger partial charge in [0.25, 0.3) is 0 Å².